The van der Waals surface area contributed by atoms with Gasteiger partial charge in [0.2, 0.25) is 0 Å². The zero-order valence-corrected chi connectivity index (χ0v) is 39.9. The molecule has 0 radical (unpaired) electrons. The van der Waals surface area contributed by atoms with Gasteiger partial charge in [0.05, 0.1) is 26.1 Å². The van der Waals surface area contributed by atoms with Crippen LogP contribution in [-0.2, 0) is 17.0 Å². The SMILES string of the molecule is COc1cc(C[P+](c2ccccc2)(c2ccccc2)c2ccc3ccccc3c2-c2c(NC(=O)Nc3cc(C(C)(C)C)cc(C(C)(C)C)c3)ccc3ccccc23)cc(OC)c1.[Br-]. The minimum absolute atomic E-state index is 0. The number of nitrogens with one attached hydrogen (secondary N) is 2. The van der Waals surface area contributed by atoms with Gasteiger partial charge in [0.1, 0.15) is 34.7 Å². The van der Waals surface area contributed by atoms with Crippen LogP contribution in [0.1, 0.15) is 58.2 Å². The number of amides is 2. The average Bonchev–Trinajstić information content (AvgIpc) is 3.27. The fraction of sp³-hybridized carbons (Fsp3) is 0.196. The first kappa shape index (κ1) is 45.1. The molecule has 2 amide bonds. The van der Waals surface area contributed by atoms with Gasteiger partial charge in [0, 0.05) is 22.9 Å². The molecule has 320 valence electrons. The normalized spacial score (nSPS) is 11.8. The topological polar surface area (TPSA) is 59.6 Å². The lowest BCUT2D eigenvalue weighted by Crippen LogP contribution is -3.00. The molecule has 8 aromatic rings. The lowest BCUT2D eigenvalue weighted by atomic mass is 9.80. The number of urea groups is 1. The molecular weight excluding hydrogens is 860 g/mol. The van der Waals surface area contributed by atoms with Crippen LogP contribution in [0.4, 0.5) is 16.2 Å². The summed E-state index contributed by atoms with van der Waals surface area (Å²) in [7, 11) is 0.790. The van der Waals surface area contributed by atoms with Crippen LogP contribution in [0.5, 0.6) is 11.5 Å². The predicted octanol–water partition coefficient (Wildman–Crippen LogP) is 10.4. The molecule has 0 aliphatic carbocycles. The smallest absolute Gasteiger partial charge is 0.323 e. The number of anilines is 2. The maximum absolute atomic E-state index is 14.5. The second kappa shape index (κ2) is 18.4. The molecule has 0 saturated carbocycles. The second-order valence-electron chi connectivity index (χ2n) is 18.1. The summed E-state index contributed by atoms with van der Waals surface area (Å²) in [6.07, 6.45) is 0.689. The molecule has 0 heterocycles. The van der Waals surface area contributed by atoms with Crippen molar-refractivity contribution in [2.75, 3.05) is 24.9 Å². The number of halogens is 1. The van der Waals surface area contributed by atoms with Gasteiger partial charge in [0.25, 0.3) is 0 Å². The molecule has 0 atom stereocenters. The van der Waals surface area contributed by atoms with Crippen molar-refractivity contribution >= 4 is 62.1 Å². The molecule has 0 aliphatic rings. The number of benzene rings is 8. The van der Waals surface area contributed by atoms with E-state index in [4.69, 9.17) is 9.47 Å². The van der Waals surface area contributed by atoms with E-state index in [1.165, 1.54) is 27.0 Å². The highest BCUT2D eigenvalue weighted by molar-refractivity contribution is 7.95. The summed E-state index contributed by atoms with van der Waals surface area (Å²) in [5, 5.41) is 14.7. The molecule has 8 rings (SSSR count). The van der Waals surface area contributed by atoms with Gasteiger partial charge in [-0.25, -0.2) is 4.79 Å². The first-order valence-electron chi connectivity index (χ1n) is 21.3. The number of carbonyl (C=O) groups is 1. The number of ether oxygens (including phenoxy) is 2. The lowest BCUT2D eigenvalue weighted by Gasteiger charge is -2.31. The first-order chi connectivity index (χ1) is 29.8. The lowest BCUT2D eigenvalue weighted by molar-refractivity contribution is -0.0000165. The molecule has 0 bridgehead atoms. The molecule has 63 heavy (non-hydrogen) atoms. The van der Waals surface area contributed by atoms with Crippen molar-refractivity contribution in [1.29, 1.82) is 0 Å². The Morgan fingerprint density at radius 2 is 1.00 bits per heavy atom. The summed E-state index contributed by atoms with van der Waals surface area (Å²) in [5.41, 5.74) is 6.79. The average molecular weight is 916 g/mol. The van der Waals surface area contributed by atoms with Crippen molar-refractivity contribution in [3.63, 3.8) is 0 Å². The summed E-state index contributed by atoms with van der Waals surface area (Å²) < 4.78 is 11.7. The number of methoxy groups -OCH3 is 2. The number of carbonyl (C=O) groups excluding carboxylic acids is 1. The number of hydrogen-bond donors (Lipinski definition) is 2. The number of fused-ring (bicyclic) bond motifs is 2. The van der Waals surface area contributed by atoms with E-state index in [2.05, 4.69) is 216 Å². The highest BCUT2D eigenvalue weighted by Gasteiger charge is 2.48. The van der Waals surface area contributed by atoms with E-state index in [1.54, 1.807) is 14.2 Å². The Hall–Kier alpha value is -5.94. The molecule has 2 N–H and O–H groups in total. The Kier molecular flexibility index (Phi) is 13.2. The van der Waals surface area contributed by atoms with Crippen LogP contribution in [0.2, 0.25) is 0 Å². The highest BCUT2D eigenvalue weighted by atomic mass is 79.9. The van der Waals surface area contributed by atoms with E-state index >= 15 is 0 Å². The fourth-order valence-electron chi connectivity index (χ4n) is 8.63. The first-order valence-corrected chi connectivity index (χ1v) is 23.3. The predicted molar refractivity (Wildman–Crippen MR) is 265 cm³/mol. The van der Waals surface area contributed by atoms with Crippen LogP contribution >= 0.6 is 7.26 Å². The van der Waals surface area contributed by atoms with Gasteiger partial charge in [0.15, 0.2) is 0 Å². The third kappa shape index (κ3) is 9.25. The molecule has 0 aromatic heterocycles. The van der Waals surface area contributed by atoms with Crippen LogP contribution in [0.25, 0.3) is 32.7 Å². The summed E-state index contributed by atoms with van der Waals surface area (Å²) in [4.78, 5) is 14.5. The standard InChI is InChI=1S/C56H55N2O3P.BrH/c1-55(2,3)41-33-42(56(4,5)6)35-43(34-41)57-54(59)58-50-29-27-39-19-15-17-25-48(39)52(50)53-49-26-18-16-20-40(49)28-30-51(53)62(46-21-11-9-12-22-46,47-23-13-10-14-24-47)37-38-31-44(60-7)36-45(32-38)61-8;/h9-36H,37H2,1-8H3,(H-,57,58,59);1H. The monoisotopic (exact) mass is 914 g/mol. The molecule has 0 fully saturated rings. The molecule has 0 saturated heterocycles. The highest BCUT2D eigenvalue weighted by Crippen LogP contribution is 2.61. The van der Waals surface area contributed by atoms with Gasteiger partial charge in [-0.15, -0.1) is 0 Å². The molecule has 7 heteroatoms. The van der Waals surface area contributed by atoms with Gasteiger partial charge in [-0.2, -0.15) is 0 Å². The van der Waals surface area contributed by atoms with Gasteiger partial charge < -0.3 is 37.1 Å². The van der Waals surface area contributed by atoms with E-state index in [9.17, 15) is 4.79 Å². The van der Waals surface area contributed by atoms with Crippen molar-refractivity contribution in [2.24, 2.45) is 0 Å². The van der Waals surface area contributed by atoms with Gasteiger partial charge in [-0.05, 0) is 110 Å². The third-order valence-corrected chi connectivity index (χ3v) is 16.3. The Morgan fingerprint density at radius 3 is 1.51 bits per heavy atom. The Labute approximate surface area is 384 Å². The van der Waals surface area contributed by atoms with Gasteiger partial charge in [-0.3, -0.25) is 0 Å². The quantitative estimate of drug-likeness (QED) is 0.134. The van der Waals surface area contributed by atoms with Crippen LogP contribution in [0, 0.1) is 0 Å². The minimum Gasteiger partial charge on any atom is -1.00 e. The summed E-state index contributed by atoms with van der Waals surface area (Å²) >= 11 is 0. The molecule has 5 nitrogen and oxygen atoms in total. The number of rotatable bonds is 10. The molecular formula is C56H56BrN2O3P. The number of hydrogen-bond acceptors (Lipinski definition) is 3. The van der Waals surface area contributed by atoms with E-state index < -0.39 is 7.26 Å². The van der Waals surface area contributed by atoms with Crippen LogP contribution in [0.15, 0.2) is 170 Å². The van der Waals surface area contributed by atoms with Gasteiger partial charge in [-0.1, -0.05) is 145 Å². The van der Waals surface area contributed by atoms with Crippen LogP contribution < -0.4 is 53.0 Å². The van der Waals surface area contributed by atoms with E-state index in [0.29, 0.717) is 6.16 Å². The van der Waals surface area contributed by atoms with Crippen LogP contribution in [0.3, 0.4) is 0 Å². The Balaban J connectivity index is 0.00000595. The third-order valence-electron chi connectivity index (χ3n) is 11.9. The van der Waals surface area contributed by atoms with E-state index in [-0.39, 0.29) is 33.8 Å². The molecule has 8 aromatic carbocycles. The Bertz CT molecular complexity index is 2810. The van der Waals surface area contributed by atoms with Crippen LogP contribution in [-0.4, -0.2) is 20.3 Å². The van der Waals surface area contributed by atoms with Crippen molar-refractivity contribution in [2.45, 2.75) is 58.5 Å². The summed E-state index contributed by atoms with van der Waals surface area (Å²) in [5.74, 6) is 1.48. The minimum atomic E-state index is -2.61. The zero-order valence-electron chi connectivity index (χ0n) is 37.4. The van der Waals surface area contributed by atoms with E-state index in [1.807, 2.05) is 6.07 Å². The maximum Gasteiger partial charge on any atom is 0.323 e. The van der Waals surface area contributed by atoms with E-state index in [0.717, 1.165) is 61.1 Å². The maximum atomic E-state index is 14.5. The van der Waals surface area contributed by atoms with Crippen molar-refractivity contribution in [1.82, 2.24) is 0 Å². The molecule has 0 aliphatic heterocycles. The fourth-order valence-corrected chi connectivity index (χ4v) is 13.1. The second-order valence-corrected chi connectivity index (χ2v) is 21.6. The molecule has 0 unspecified atom stereocenters. The Morgan fingerprint density at radius 1 is 0.524 bits per heavy atom. The largest absolute Gasteiger partial charge is 1.00 e. The molecule has 0 spiro atoms. The van der Waals surface area contributed by atoms with Gasteiger partial charge >= 0.3 is 6.03 Å². The summed E-state index contributed by atoms with van der Waals surface area (Å²) in [6.45, 7) is 13.3. The van der Waals surface area contributed by atoms with Crippen molar-refractivity contribution in [3.8, 4) is 22.6 Å². The van der Waals surface area contributed by atoms with Crippen molar-refractivity contribution < 1.29 is 31.2 Å². The zero-order chi connectivity index (χ0) is 43.6. The van der Waals surface area contributed by atoms with Crippen molar-refractivity contribution in [3.05, 3.63) is 187 Å². The summed E-state index contributed by atoms with van der Waals surface area (Å²) in [6, 6.07) is 60.2.